The minimum atomic E-state index is -5.02. The van der Waals surface area contributed by atoms with Gasteiger partial charge in [0.1, 0.15) is 18.4 Å². The van der Waals surface area contributed by atoms with Crippen LogP contribution in [-0.2, 0) is 9.53 Å². The molecule has 21 heavy (non-hydrogen) atoms. The first-order valence-electron chi connectivity index (χ1n) is 6.78. The molecule has 0 amide bonds. The molecule has 0 atom stereocenters. The molecule has 1 aliphatic rings. The Balaban J connectivity index is 2.55. The highest BCUT2D eigenvalue weighted by molar-refractivity contribution is 5.71. The lowest BCUT2D eigenvalue weighted by atomic mass is 9.83. The molecule has 1 rings (SSSR count). The number of halogens is 5. The van der Waals surface area contributed by atoms with Crippen molar-refractivity contribution >= 4 is 5.97 Å². The number of hydrogen-bond acceptors (Lipinski definition) is 3. The number of alkyl halides is 5. The van der Waals surface area contributed by atoms with E-state index in [1.807, 2.05) is 0 Å². The smallest absolute Gasteiger partial charge is 0.394 e. The van der Waals surface area contributed by atoms with Gasteiger partial charge < -0.3 is 10.1 Å². The van der Waals surface area contributed by atoms with E-state index in [2.05, 4.69) is 5.32 Å². The van der Waals surface area contributed by atoms with Crippen LogP contribution in [0.25, 0.3) is 0 Å². The summed E-state index contributed by atoms with van der Waals surface area (Å²) in [7, 11) is 0. The maximum Gasteiger partial charge on any atom is 0.394 e. The molecule has 0 radical (unpaired) electrons. The minimum Gasteiger partial charge on any atom is -0.459 e. The van der Waals surface area contributed by atoms with Gasteiger partial charge >= 0.3 is 12.1 Å². The molecule has 1 fully saturated rings. The van der Waals surface area contributed by atoms with Crippen molar-refractivity contribution in [3.63, 3.8) is 0 Å². The number of hydrogen-bond donors (Lipinski definition) is 1. The highest BCUT2D eigenvalue weighted by Gasteiger charge is 2.46. The van der Waals surface area contributed by atoms with Crippen molar-refractivity contribution in [2.24, 2.45) is 5.92 Å². The van der Waals surface area contributed by atoms with E-state index in [9.17, 15) is 26.7 Å². The SMILES string of the molecule is CC(C)(OC(=O)CC(F)(F)CC(F)(F)F)C1CCNCC1. The first-order valence-corrected chi connectivity index (χ1v) is 6.78. The van der Waals surface area contributed by atoms with Crippen LogP contribution < -0.4 is 5.32 Å². The van der Waals surface area contributed by atoms with Crippen LogP contribution in [0.5, 0.6) is 0 Å². The molecule has 0 aromatic rings. The lowest BCUT2D eigenvalue weighted by Crippen LogP contribution is -2.43. The van der Waals surface area contributed by atoms with E-state index in [0.29, 0.717) is 0 Å². The van der Waals surface area contributed by atoms with Gasteiger partial charge in [-0.05, 0) is 39.8 Å². The second kappa shape index (κ2) is 6.46. The van der Waals surface area contributed by atoms with E-state index in [1.165, 1.54) is 0 Å². The molecule has 1 N–H and O–H groups in total. The molecule has 1 aliphatic heterocycles. The molecule has 8 heteroatoms. The van der Waals surface area contributed by atoms with E-state index < -0.39 is 36.5 Å². The Bertz CT molecular complexity index is 362. The van der Waals surface area contributed by atoms with Gasteiger partial charge in [-0.1, -0.05) is 0 Å². The maximum atomic E-state index is 13.2. The highest BCUT2D eigenvalue weighted by atomic mass is 19.4. The van der Waals surface area contributed by atoms with E-state index in [4.69, 9.17) is 4.74 Å². The van der Waals surface area contributed by atoms with Gasteiger partial charge in [0.25, 0.3) is 5.92 Å². The largest absolute Gasteiger partial charge is 0.459 e. The van der Waals surface area contributed by atoms with Gasteiger partial charge in [-0.25, -0.2) is 8.78 Å². The van der Waals surface area contributed by atoms with Crippen LogP contribution in [0.4, 0.5) is 22.0 Å². The number of carbonyl (C=O) groups excluding carboxylic acids is 1. The Morgan fingerprint density at radius 3 is 2.14 bits per heavy atom. The first-order chi connectivity index (χ1) is 9.41. The van der Waals surface area contributed by atoms with Gasteiger partial charge in [0, 0.05) is 5.92 Å². The topological polar surface area (TPSA) is 38.3 Å². The van der Waals surface area contributed by atoms with Gasteiger partial charge in [-0.3, -0.25) is 4.79 Å². The Morgan fingerprint density at radius 1 is 1.14 bits per heavy atom. The number of piperidine rings is 1. The molecule has 3 nitrogen and oxygen atoms in total. The zero-order valence-electron chi connectivity index (χ0n) is 12.0. The summed E-state index contributed by atoms with van der Waals surface area (Å²) in [6.07, 6.45) is -7.45. The van der Waals surface area contributed by atoms with Crippen LogP contribution in [0.3, 0.4) is 0 Å². The third-order valence-electron chi connectivity index (χ3n) is 3.56. The Labute approximate surface area is 120 Å². The summed E-state index contributed by atoms with van der Waals surface area (Å²) in [5.41, 5.74) is -0.965. The molecule has 0 bridgehead atoms. The molecule has 0 aliphatic carbocycles. The fourth-order valence-electron chi connectivity index (χ4n) is 2.50. The predicted molar refractivity (Wildman–Crippen MR) is 66.0 cm³/mol. The summed E-state index contributed by atoms with van der Waals surface area (Å²) in [5.74, 6) is -5.44. The zero-order valence-corrected chi connectivity index (χ0v) is 12.0. The van der Waals surface area contributed by atoms with Gasteiger partial charge in [0.05, 0.1) is 0 Å². The standard InChI is InChI=1S/C13H20F5NO2/c1-11(2,9-3-5-19-6-4-9)21-10(20)7-12(14,15)8-13(16,17)18/h9,19H,3-8H2,1-2H3. The van der Waals surface area contributed by atoms with E-state index in [1.54, 1.807) is 13.8 Å². The lowest BCUT2D eigenvalue weighted by molar-refractivity contribution is -0.198. The number of esters is 1. The normalized spacial score (nSPS) is 18.6. The summed E-state index contributed by atoms with van der Waals surface area (Å²) < 4.78 is 67.3. The van der Waals surface area contributed by atoms with Gasteiger partial charge in [-0.2, -0.15) is 13.2 Å². The van der Waals surface area contributed by atoms with Crippen LogP contribution in [-0.4, -0.2) is 36.8 Å². The average molecular weight is 317 g/mol. The molecule has 0 spiro atoms. The third-order valence-corrected chi connectivity index (χ3v) is 3.56. The van der Waals surface area contributed by atoms with Crippen LogP contribution >= 0.6 is 0 Å². The summed E-state index contributed by atoms with van der Waals surface area (Å²) in [6, 6.07) is 0. The average Bonchev–Trinajstić information content (AvgIpc) is 2.24. The van der Waals surface area contributed by atoms with Gasteiger partial charge in [-0.15, -0.1) is 0 Å². The van der Waals surface area contributed by atoms with Gasteiger partial charge in [0.15, 0.2) is 0 Å². The fraction of sp³-hybridized carbons (Fsp3) is 0.923. The molecule has 0 aromatic heterocycles. The zero-order chi connectivity index (χ0) is 16.3. The quantitative estimate of drug-likeness (QED) is 0.625. The van der Waals surface area contributed by atoms with Crippen molar-refractivity contribution < 1.29 is 31.5 Å². The monoisotopic (exact) mass is 317 g/mol. The second-order valence-corrected chi connectivity index (χ2v) is 5.93. The highest BCUT2D eigenvalue weighted by Crippen LogP contribution is 2.35. The summed E-state index contributed by atoms with van der Waals surface area (Å²) in [4.78, 5) is 11.5. The van der Waals surface area contributed by atoms with Crippen molar-refractivity contribution in [1.82, 2.24) is 5.32 Å². The minimum absolute atomic E-state index is 0.000983. The van der Waals surface area contributed by atoms with Crippen LogP contribution in [0.1, 0.15) is 39.5 Å². The third kappa shape index (κ3) is 6.58. The summed E-state index contributed by atoms with van der Waals surface area (Å²) in [6.45, 7) is 4.66. The molecule has 1 saturated heterocycles. The second-order valence-electron chi connectivity index (χ2n) is 5.93. The summed E-state index contributed by atoms with van der Waals surface area (Å²) >= 11 is 0. The van der Waals surface area contributed by atoms with E-state index in [0.717, 1.165) is 25.9 Å². The van der Waals surface area contributed by atoms with Crippen LogP contribution in [0, 0.1) is 5.92 Å². The molecule has 0 saturated carbocycles. The number of rotatable bonds is 5. The Morgan fingerprint density at radius 2 is 1.67 bits per heavy atom. The molecule has 0 unspecified atom stereocenters. The van der Waals surface area contributed by atoms with E-state index in [-0.39, 0.29) is 5.92 Å². The van der Waals surface area contributed by atoms with Crippen LogP contribution in [0.2, 0.25) is 0 Å². The Kier molecular flexibility index (Phi) is 5.57. The fourth-order valence-corrected chi connectivity index (χ4v) is 2.50. The number of nitrogens with one attached hydrogen (secondary N) is 1. The molecule has 1 heterocycles. The first kappa shape index (κ1) is 18.1. The molecule has 124 valence electrons. The Hall–Kier alpha value is -0.920. The predicted octanol–water partition coefficient (Wildman–Crippen LogP) is 3.29. The van der Waals surface area contributed by atoms with E-state index >= 15 is 0 Å². The molecular formula is C13H20F5NO2. The van der Waals surface area contributed by atoms with Crippen LogP contribution in [0.15, 0.2) is 0 Å². The van der Waals surface area contributed by atoms with Crippen molar-refractivity contribution in [3.8, 4) is 0 Å². The van der Waals surface area contributed by atoms with Crippen molar-refractivity contribution in [3.05, 3.63) is 0 Å². The lowest BCUT2D eigenvalue weighted by Gasteiger charge is -2.37. The number of carbonyl (C=O) groups is 1. The molecule has 0 aromatic carbocycles. The van der Waals surface area contributed by atoms with Gasteiger partial charge in [0.2, 0.25) is 0 Å². The summed E-state index contributed by atoms with van der Waals surface area (Å²) in [5, 5.41) is 3.12. The molecular weight excluding hydrogens is 297 g/mol. The van der Waals surface area contributed by atoms with Crippen molar-refractivity contribution in [1.29, 1.82) is 0 Å². The number of ether oxygens (including phenoxy) is 1. The maximum absolute atomic E-state index is 13.2. The van der Waals surface area contributed by atoms with Crippen molar-refractivity contribution in [2.75, 3.05) is 13.1 Å². The van der Waals surface area contributed by atoms with Crippen molar-refractivity contribution in [2.45, 2.75) is 57.2 Å².